The number of benzene rings is 1. The molecule has 0 heterocycles. The highest BCUT2D eigenvalue weighted by Crippen LogP contribution is 2.18. The van der Waals surface area contributed by atoms with Crippen molar-refractivity contribution in [3.63, 3.8) is 0 Å². The first kappa shape index (κ1) is 12.2. The van der Waals surface area contributed by atoms with Crippen molar-refractivity contribution in [3.8, 4) is 0 Å². The van der Waals surface area contributed by atoms with Crippen molar-refractivity contribution in [2.75, 3.05) is 5.32 Å². The first-order chi connectivity index (χ1) is 7.34. The second kappa shape index (κ2) is 4.30. The molecule has 0 saturated carbocycles. The van der Waals surface area contributed by atoms with E-state index in [2.05, 4.69) is 5.32 Å². The largest absolute Gasteiger partial charge is 0.369 e. The van der Waals surface area contributed by atoms with Crippen LogP contribution >= 0.6 is 0 Å². The molecule has 0 radical (unpaired) electrons. The monoisotopic (exact) mass is 224 g/mol. The molecule has 2 amide bonds. The van der Waals surface area contributed by atoms with Gasteiger partial charge in [-0.05, 0) is 38.1 Å². The van der Waals surface area contributed by atoms with Gasteiger partial charge < -0.3 is 11.1 Å². The van der Waals surface area contributed by atoms with Crippen LogP contribution in [0.25, 0.3) is 0 Å². The maximum Gasteiger partial charge on any atom is 0.239 e. The number of anilines is 1. The topological polar surface area (TPSA) is 72.2 Å². The van der Waals surface area contributed by atoms with Crippen molar-refractivity contribution < 1.29 is 14.0 Å². The summed E-state index contributed by atoms with van der Waals surface area (Å²) in [5, 5.41) is 2.48. The third-order valence-corrected chi connectivity index (χ3v) is 2.29. The van der Waals surface area contributed by atoms with Crippen molar-refractivity contribution in [2.24, 2.45) is 11.1 Å². The Labute approximate surface area is 92.6 Å². The van der Waals surface area contributed by atoms with Gasteiger partial charge in [0.25, 0.3) is 0 Å². The van der Waals surface area contributed by atoms with Crippen molar-refractivity contribution in [3.05, 3.63) is 30.1 Å². The van der Waals surface area contributed by atoms with Crippen LogP contribution in [-0.4, -0.2) is 11.8 Å². The Balaban J connectivity index is 2.79. The third-order valence-electron chi connectivity index (χ3n) is 2.29. The summed E-state index contributed by atoms with van der Waals surface area (Å²) < 4.78 is 12.6. The van der Waals surface area contributed by atoms with Crippen LogP contribution in [0.5, 0.6) is 0 Å². The summed E-state index contributed by atoms with van der Waals surface area (Å²) in [6.45, 7) is 2.85. The Morgan fingerprint density at radius 3 is 2.19 bits per heavy atom. The quantitative estimate of drug-likeness (QED) is 0.759. The number of amides is 2. The van der Waals surface area contributed by atoms with E-state index in [0.717, 1.165) is 0 Å². The Kier molecular flexibility index (Phi) is 3.27. The highest BCUT2D eigenvalue weighted by atomic mass is 19.1. The zero-order valence-electron chi connectivity index (χ0n) is 9.08. The Morgan fingerprint density at radius 1 is 1.25 bits per heavy atom. The normalized spacial score (nSPS) is 10.9. The summed E-state index contributed by atoms with van der Waals surface area (Å²) in [5.41, 5.74) is 4.21. The van der Waals surface area contributed by atoms with Crippen molar-refractivity contribution in [1.82, 2.24) is 0 Å². The average Bonchev–Trinajstić information content (AvgIpc) is 2.21. The maximum atomic E-state index is 12.6. The molecule has 1 aromatic rings. The van der Waals surface area contributed by atoms with E-state index < -0.39 is 23.0 Å². The summed E-state index contributed by atoms with van der Waals surface area (Å²) >= 11 is 0. The molecule has 3 N–H and O–H groups in total. The Hall–Kier alpha value is -1.91. The molecular weight excluding hydrogens is 211 g/mol. The van der Waals surface area contributed by atoms with Crippen LogP contribution in [-0.2, 0) is 9.59 Å². The lowest BCUT2D eigenvalue weighted by molar-refractivity contribution is -0.136. The third kappa shape index (κ3) is 2.56. The summed E-state index contributed by atoms with van der Waals surface area (Å²) in [7, 11) is 0. The first-order valence-corrected chi connectivity index (χ1v) is 4.71. The average molecular weight is 224 g/mol. The van der Waals surface area contributed by atoms with E-state index in [1.165, 1.54) is 38.1 Å². The number of primary amides is 1. The minimum absolute atomic E-state index is 0.396. The van der Waals surface area contributed by atoms with Crippen molar-refractivity contribution in [2.45, 2.75) is 13.8 Å². The number of carbonyl (C=O) groups excluding carboxylic acids is 2. The standard InChI is InChI=1S/C11H13FN2O2/c1-11(2,9(13)15)10(16)14-8-5-3-7(12)4-6-8/h3-6H,1-2H3,(H2,13,15)(H,14,16). The van der Waals surface area contributed by atoms with Crippen LogP contribution in [0.15, 0.2) is 24.3 Å². The molecule has 16 heavy (non-hydrogen) atoms. The summed E-state index contributed by atoms with van der Waals surface area (Å²) in [6.07, 6.45) is 0. The van der Waals surface area contributed by atoms with Crippen molar-refractivity contribution in [1.29, 1.82) is 0 Å². The molecule has 0 unspecified atom stereocenters. The fourth-order valence-corrected chi connectivity index (χ4v) is 0.932. The molecule has 0 aliphatic carbocycles. The minimum atomic E-state index is -1.30. The van der Waals surface area contributed by atoms with Gasteiger partial charge in [0.2, 0.25) is 11.8 Å². The van der Waals surface area contributed by atoms with E-state index >= 15 is 0 Å². The zero-order valence-corrected chi connectivity index (χ0v) is 9.08. The van der Waals surface area contributed by atoms with Gasteiger partial charge in [-0.25, -0.2) is 4.39 Å². The van der Waals surface area contributed by atoms with Gasteiger partial charge in [-0.2, -0.15) is 0 Å². The van der Waals surface area contributed by atoms with Gasteiger partial charge in [0.1, 0.15) is 11.2 Å². The zero-order chi connectivity index (χ0) is 12.3. The number of nitrogens with one attached hydrogen (secondary N) is 1. The van der Waals surface area contributed by atoms with Crippen molar-refractivity contribution >= 4 is 17.5 Å². The molecule has 1 rings (SSSR count). The highest BCUT2D eigenvalue weighted by molar-refractivity contribution is 6.09. The van der Waals surface area contributed by atoms with Gasteiger partial charge in [0, 0.05) is 5.69 Å². The van der Waals surface area contributed by atoms with Gasteiger partial charge in [-0.15, -0.1) is 0 Å². The summed E-state index contributed by atoms with van der Waals surface area (Å²) in [5.74, 6) is -1.63. The van der Waals surface area contributed by atoms with E-state index in [-0.39, 0.29) is 0 Å². The van der Waals surface area contributed by atoms with Gasteiger partial charge in [-0.1, -0.05) is 0 Å². The number of rotatable bonds is 3. The van der Waals surface area contributed by atoms with E-state index in [4.69, 9.17) is 5.73 Å². The predicted octanol–water partition coefficient (Wildman–Crippen LogP) is 1.28. The molecule has 0 saturated heterocycles. The smallest absolute Gasteiger partial charge is 0.239 e. The fraction of sp³-hybridized carbons (Fsp3) is 0.273. The number of carbonyl (C=O) groups is 2. The maximum absolute atomic E-state index is 12.6. The minimum Gasteiger partial charge on any atom is -0.369 e. The van der Waals surface area contributed by atoms with Gasteiger partial charge in [0.15, 0.2) is 0 Å². The molecule has 86 valence electrons. The SMILES string of the molecule is CC(C)(C(N)=O)C(=O)Nc1ccc(F)cc1. The van der Waals surface area contributed by atoms with Gasteiger partial charge in [-0.3, -0.25) is 9.59 Å². The summed E-state index contributed by atoms with van der Waals surface area (Å²) in [4.78, 5) is 22.7. The highest BCUT2D eigenvalue weighted by Gasteiger charge is 2.33. The van der Waals surface area contributed by atoms with Crippen LogP contribution in [0.2, 0.25) is 0 Å². The molecule has 0 atom stereocenters. The second-order valence-corrected chi connectivity index (χ2v) is 3.95. The van der Waals surface area contributed by atoms with E-state index in [1.54, 1.807) is 0 Å². The molecule has 0 fully saturated rings. The molecule has 5 heteroatoms. The predicted molar refractivity (Wildman–Crippen MR) is 58.0 cm³/mol. The molecule has 0 bridgehead atoms. The number of hydrogen-bond donors (Lipinski definition) is 2. The lowest BCUT2D eigenvalue weighted by Gasteiger charge is -2.19. The summed E-state index contributed by atoms with van der Waals surface area (Å²) in [6, 6.07) is 5.24. The number of nitrogens with two attached hydrogens (primary N) is 1. The van der Waals surface area contributed by atoms with Gasteiger partial charge >= 0.3 is 0 Å². The molecule has 4 nitrogen and oxygen atoms in total. The molecule has 0 spiro atoms. The second-order valence-electron chi connectivity index (χ2n) is 3.95. The molecule has 0 aromatic heterocycles. The molecule has 0 aliphatic rings. The van der Waals surface area contributed by atoms with Crippen LogP contribution in [0.4, 0.5) is 10.1 Å². The van der Waals surface area contributed by atoms with E-state index in [0.29, 0.717) is 5.69 Å². The molecule has 1 aromatic carbocycles. The van der Waals surface area contributed by atoms with Crippen LogP contribution in [0.3, 0.4) is 0 Å². The Bertz CT molecular complexity index is 412. The number of hydrogen-bond acceptors (Lipinski definition) is 2. The van der Waals surface area contributed by atoms with Gasteiger partial charge in [0.05, 0.1) is 0 Å². The molecule has 0 aliphatic heterocycles. The molecular formula is C11H13FN2O2. The van der Waals surface area contributed by atoms with E-state index in [1.807, 2.05) is 0 Å². The first-order valence-electron chi connectivity index (χ1n) is 4.71. The Morgan fingerprint density at radius 2 is 1.75 bits per heavy atom. The fourth-order valence-electron chi connectivity index (χ4n) is 0.932. The van der Waals surface area contributed by atoms with E-state index in [9.17, 15) is 14.0 Å². The van der Waals surface area contributed by atoms with Crippen LogP contribution in [0, 0.1) is 11.2 Å². The lowest BCUT2D eigenvalue weighted by atomic mass is 9.91. The van der Waals surface area contributed by atoms with Crippen LogP contribution < -0.4 is 11.1 Å². The van der Waals surface area contributed by atoms with Crippen LogP contribution in [0.1, 0.15) is 13.8 Å². The number of halogens is 1. The lowest BCUT2D eigenvalue weighted by Crippen LogP contribution is -2.42.